The van der Waals surface area contributed by atoms with E-state index in [1.165, 1.54) is 6.07 Å². The summed E-state index contributed by atoms with van der Waals surface area (Å²) in [5.74, 6) is 0.0473. The Balaban J connectivity index is 2.23. The first kappa shape index (κ1) is 12.0. The predicted molar refractivity (Wildman–Crippen MR) is 68.6 cm³/mol. The molecule has 0 atom stereocenters. The van der Waals surface area contributed by atoms with Crippen molar-refractivity contribution < 1.29 is 9.13 Å². The maximum Gasteiger partial charge on any atom is 0.219 e. The Morgan fingerprint density at radius 2 is 2.17 bits per heavy atom. The largest absolute Gasteiger partial charge is 0.436 e. The van der Waals surface area contributed by atoms with E-state index >= 15 is 0 Å². The Morgan fingerprint density at radius 3 is 2.83 bits per heavy atom. The van der Waals surface area contributed by atoms with Crippen LogP contribution in [0.1, 0.15) is 5.56 Å². The number of para-hydroxylation sites is 1. The Bertz CT molecular complexity index is 572. The van der Waals surface area contributed by atoms with E-state index in [0.717, 1.165) is 11.3 Å². The lowest BCUT2D eigenvalue weighted by Crippen LogP contribution is -1.95. The van der Waals surface area contributed by atoms with E-state index in [0.29, 0.717) is 5.88 Å². The van der Waals surface area contributed by atoms with Gasteiger partial charge in [-0.25, -0.2) is 9.37 Å². The minimum atomic E-state index is -0.424. The van der Waals surface area contributed by atoms with Crippen LogP contribution in [0.3, 0.4) is 0 Å². The number of anilines is 1. The molecule has 0 saturated heterocycles. The number of aryl methyl sites for hydroxylation is 1. The highest BCUT2D eigenvalue weighted by Gasteiger charge is 2.06. The first-order valence-corrected chi connectivity index (χ1v) is 5.31. The summed E-state index contributed by atoms with van der Waals surface area (Å²) >= 11 is 0. The van der Waals surface area contributed by atoms with Gasteiger partial charge in [-0.05, 0) is 24.6 Å². The van der Waals surface area contributed by atoms with Crippen molar-refractivity contribution in [3.8, 4) is 11.6 Å². The minimum absolute atomic E-state index is 0.145. The molecule has 1 N–H and O–H groups in total. The van der Waals surface area contributed by atoms with Crippen LogP contribution in [0.15, 0.2) is 41.6 Å². The lowest BCUT2D eigenvalue weighted by Gasteiger charge is -2.08. The van der Waals surface area contributed by atoms with Crippen molar-refractivity contribution in [3.05, 3.63) is 47.9 Å². The van der Waals surface area contributed by atoms with Gasteiger partial charge in [0.1, 0.15) is 0 Å². The van der Waals surface area contributed by atoms with Gasteiger partial charge in [0, 0.05) is 12.8 Å². The normalized spacial score (nSPS) is 9.89. The fourth-order valence-corrected chi connectivity index (χ4v) is 1.43. The molecule has 0 aliphatic heterocycles. The molecule has 2 aromatic rings. The van der Waals surface area contributed by atoms with Crippen molar-refractivity contribution in [2.75, 3.05) is 5.43 Å². The van der Waals surface area contributed by atoms with Gasteiger partial charge in [0.15, 0.2) is 11.6 Å². The number of hydrogen-bond donors (Lipinski definition) is 1. The highest BCUT2D eigenvalue weighted by Crippen LogP contribution is 2.25. The van der Waals surface area contributed by atoms with E-state index in [-0.39, 0.29) is 5.75 Å². The number of hydrazone groups is 1. The molecule has 92 valence electrons. The Kier molecular flexibility index (Phi) is 3.52. The molecule has 0 unspecified atom stereocenters. The summed E-state index contributed by atoms with van der Waals surface area (Å²) < 4.78 is 18.8. The molecule has 0 amide bonds. The fraction of sp³-hybridized carbons (Fsp3) is 0.0769. The maximum absolute atomic E-state index is 13.4. The van der Waals surface area contributed by atoms with Crippen molar-refractivity contribution in [2.24, 2.45) is 5.10 Å². The van der Waals surface area contributed by atoms with Gasteiger partial charge < -0.3 is 4.74 Å². The number of ether oxygens (including phenoxy) is 1. The zero-order valence-electron chi connectivity index (χ0n) is 9.85. The van der Waals surface area contributed by atoms with Gasteiger partial charge in [0.25, 0.3) is 0 Å². The highest BCUT2D eigenvalue weighted by molar-refractivity contribution is 5.51. The molecule has 18 heavy (non-hydrogen) atoms. The van der Waals surface area contributed by atoms with Crippen LogP contribution in [-0.4, -0.2) is 11.7 Å². The van der Waals surface area contributed by atoms with E-state index in [2.05, 4.69) is 22.2 Å². The molecule has 0 bridgehead atoms. The van der Waals surface area contributed by atoms with E-state index in [4.69, 9.17) is 4.74 Å². The third kappa shape index (κ3) is 2.63. The molecular formula is C13H12FN3O. The smallest absolute Gasteiger partial charge is 0.219 e. The van der Waals surface area contributed by atoms with Gasteiger partial charge in [-0.15, -0.1) is 0 Å². The van der Waals surface area contributed by atoms with Crippen LogP contribution in [0.2, 0.25) is 0 Å². The van der Waals surface area contributed by atoms with Crippen LogP contribution in [0.25, 0.3) is 0 Å². The number of benzene rings is 1. The van der Waals surface area contributed by atoms with Crippen LogP contribution in [0.4, 0.5) is 10.1 Å². The van der Waals surface area contributed by atoms with Crippen LogP contribution in [-0.2, 0) is 0 Å². The summed E-state index contributed by atoms with van der Waals surface area (Å²) in [7, 11) is 0. The molecule has 0 aliphatic carbocycles. The topological polar surface area (TPSA) is 46.5 Å². The second kappa shape index (κ2) is 5.27. The molecule has 0 aliphatic rings. The second-order valence-electron chi connectivity index (χ2n) is 3.64. The van der Waals surface area contributed by atoms with Gasteiger partial charge in [-0.2, -0.15) is 5.10 Å². The summed E-state index contributed by atoms with van der Waals surface area (Å²) in [6.45, 7) is 5.19. The molecule has 1 heterocycles. The zero-order chi connectivity index (χ0) is 13.0. The number of aromatic nitrogens is 1. The third-order valence-corrected chi connectivity index (χ3v) is 2.34. The standard InChI is InChI=1S/C13H12FN3O/c1-9-7-13(16-8-11(9)17-15-2)18-12-6-4-3-5-10(12)14/h3-8,17H,2H2,1H3. The van der Waals surface area contributed by atoms with Gasteiger partial charge in [-0.3, -0.25) is 5.43 Å². The molecule has 0 fully saturated rings. The quantitative estimate of drug-likeness (QED) is 0.663. The summed E-state index contributed by atoms with van der Waals surface area (Å²) in [4.78, 5) is 4.06. The number of nitrogens with zero attached hydrogens (tertiary/aromatic N) is 2. The number of rotatable bonds is 4. The van der Waals surface area contributed by atoms with Crippen LogP contribution in [0, 0.1) is 12.7 Å². The van der Waals surface area contributed by atoms with Gasteiger partial charge in [-0.1, -0.05) is 12.1 Å². The lowest BCUT2D eigenvalue weighted by atomic mass is 10.2. The Morgan fingerprint density at radius 1 is 1.39 bits per heavy atom. The van der Waals surface area contributed by atoms with Crippen molar-refractivity contribution >= 4 is 12.4 Å². The molecule has 5 heteroatoms. The van der Waals surface area contributed by atoms with Crippen molar-refractivity contribution in [3.63, 3.8) is 0 Å². The maximum atomic E-state index is 13.4. The van der Waals surface area contributed by atoms with E-state index in [9.17, 15) is 4.39 Å². The van der Waals surface area contributed by atoms with Crippen molar-refractivity contribution in [1.29, 1.82) is 0 Å². The van der Waals surface area contributed by atoms with Crippen molar-refractivity contribution in [2.45, 2.75) is 6.92 Å². The number of pyridine rings is 1. The van der Waals surface area contributed by atoms with E-state index < -0.39 is 5.82 Å². The summed E-state index contributed by atoms with van der Waals surface area (Å²) in [5, 5.41) is 3.55. The van der Waals surface area contributed by atoms with E-state index in [1.807, 2.05) is 6.92 Å². The molecular weight excluding hydrogens is 233 g/mol. The Hall–Kier alpha value is -2.43. The van der Waals surface area contributed by atoms with Crippen molar-refractivity contribution in [1.82, 2.24) is 4.98 Å². The zero-order valence-corrected chi connectivity index (χ0v) is 9.85. The van der Waals surface area contributed by atoms with Gasteiger partial charge in [0.2, 0.25) is 5.88 Å². The molecule has 0 spiro atoms. The lowest BCUT2D eigenvalue weighted by molar-refractivity contribution is 0.427. The summed E-state index contributed by atoms with van der Waals surface area (Å²) in [6, 6.07) is 7.87. The molecule has 1 aromatic heterocycles. The summed E-state index contributed by atoms with van der Waals surface area (Å²) in [5.41, 5.74) is 4.31. The molecule has 4 nitrogen and oxygen atoms in total. The minimum Gasteiger partial charge on any atom is -0.436 e. The monoisotopic (exact) mass is 245 g/mol. The molecule has 0 saturated carbocycles. The SMILES string of the molecule is C=NNc1cnc(Oc2ccccc2F)cc1C. The first-order valence-electron chi connectivity index (χ1n) is 5.31. The predicted octanol–water partition coefficient (Wildman–Crippen LogP) is 3.35. The molecule has 2 rings (SSSR count). The number of nitrogens with one attached hydrogen (secondary N) is 1. The van der Waals surface area contributed by atoms with Gasteiger partial charge >= 0.3 is 0 Å². The van der Waals surface area contributed by atoms with Crippen LogP contribution in [0.5, 0.6) is 11.6 Å². The third-order valence-electron chi connectivity index (χ3n) is 2.34. The van der Waals surface area contributed by atoms with Crippen LogP contribution < -0.4 is 10.2 Å². The average Bonchev–Trinajstić information content (AvgIpc) is 2.36. The second-order valence-corrected chi connectivity index (χ2v) is 3.64. The molecule has 1 aromatic carbocycles. The van der Waals surface area contributed by atoms with Crippen LogP contribution >= 0.6 is 0 Å². The highest BCUT2D eigenvalue weighted by atomic mass is 19.1. The van der Waals surface area contributed by atoms with Gasteiger partial charge in [0.05, 0.1) is 11.9 Å². The summed E-state index contributed by atoms with van der Waals surface area (Å²) in [6.07, 6.45) is 1.56. The number of halogens is 1. The average molecular weight is 245 g/mol. The van der Waals surface area contributed by atoms with E-state index in [1.54, 1.807) is 30.5 Å². The fourth-order valence-electron chi connectivity index (χ4n) is 1.43. The first-order chi connectivity index (χ1) is 8.70. The number of hydrogen-bond acceptors (Lipinski definition) is 4. The Labute approximate surface area is 104 Å². The molecule has 0 radical (unpaired) electrons.